The molecule has 168 valence electrons. The molecule has 0 atom stereocenters. The summed E-state index contributed by atoms with van der Waals surface area (Å²) in [6, 6.07) is 11.5. The molecule has 1 aliphatic heterocycles. The highest BCUT2D eigenvalue weighted by Crippen LogP contribution is 2.16. The van der Waals surface area contributed by atoms with Crippen molar-refractivity contribution in [3.63, 3.8) is 0 Å². The number of nitrogens with zero attached hydrogens (tertiary/aromatic N) is 2. The molecule has 0 spiro atoms. The smallest absolute Gasteiger partial charge is 0.287 e. The topological polar surface area (TPSA) is 120 Å². The fourth-order valence-electron chi connectivity index (χ4n) is 4.15. The van der Waals surface area contributed by atoms with Gasteiger partial charge in [0, 0.05) is 42.2 Å². The summed E-state index contributed by atoms with van der Waals surface area (Å²) in [6.45, 7) is 2.75. The van der Waals surface area contributed by atoms with Gasteiger partial charge in [0.25, 0.3) is 17.0 Å². The Kier molecular flexibility index (Phi) is 5.35. The molecular formula is C23H20ClN5O4. The van der Waals surface area contributed by atoms with Crippen molar-refractivity contribution in [3.05, 3.63) is 89.5 Å². The molecule has 9 nitrogen and oxygen atoms in total. The first kappa shape index (κ1) is 21.2. The third-order valence-corrected chi connectivity index (χ3v) is 6.04. The van der Waals surface area contributed by atoms with Crippen LogP contribution in [-0.2, 0) is 6.54 Å². The van der Waals surface area contributed by atoms with Gasteiger partial charge in [0.15, 0.2) is 0 Å². The van der Waals surface area contributed by atoms with Gasteiger partial charge in [0.05, 0.1) is 12.1 Å². The average molecular weight is 466 g/mol. The lowest BCUT2D eigenvalue weighted by molar-refractivity contribution is 0.0735. The molecule has 33 heavy (non-hydrogen) atoms. The highest BCUT2D eigenvalue weighted by Gasteiger charge is 2.19. The van der Waals surface area contributed by atoms with Crippen LogP contribution >= 0.6 is 11.6 Å². The predicted octanol–water partition coefficient (Wildman–Crippen LogP) is 1.28. The van der Waals surface area contributed by atoms with E-state index in [1.54, 1.807) is 35.2 Å². The summed E-state index contributed by atoms with van der Waals surface area (Å²) in [6.07, 6.45) is 0. The SMILES string of the molecule is O=C(c1cccc(Cn2[nH]c(=O)c3[nH]c4cc(Cl)ccc4c(=O)c3c2=O)c1)N1CCNCC1. The number of carbonyl (C=O) groups excluding carboxylic acids is 1. The predicted molar refractivity (Wildman–Crippen MR) is 126 cm³/mol. The van der Waals surface area contributed by atoms with Crippen LogP contribution in [0.15, 0.2) is 56.8 Å². The van der Waals surface area contributed by atoms with Crippen molar-refractivity contribution in [2.75, 3.05) is 26.2 Å². The Morgan fingerprint density at radius 2 is 1.82 bits per heavy atom. The maximum Gasteiger partial charge on any atom is 0.287 e. The van der Waals surface area contributed by atoms with Crippen LogP contribution in [0.3, 0.4) is 0 Å². The summed E-state index contributed by atoms with van der Waals surface area (Å²) in [4.78, 5) is 56.3. The van der Waals surface area contributed by atoms with Crippen LogP contribution in [0.4, 0.5) is 0 Å². The maximum absolute atomic E-state index is 13.1. The number of amides is 1. The quantitative estimate of drug-likeness (QED) is 0.394. The first-order valence-electron chi connectivity index (χ1n) is 10.5. The van der Waals surface area contributed by atoms with Crippen molar-refractivity contribution in [2.24, 2.45) is 0 Å². The minimum Gasteiger partial charge on any atom is -0.350 e. The van der Waals surface area contributed by atoms with Gasteiger partial charge in [-0.25, -0.2) is 4.68 Å². The van der Waals surface area contributed by atoms with Crippen LogP contribution in [0.1, 0.15) is 15.9 Å². The third kappa shape index (κ3) is 3.85. The van der Waals surface area contributed by atoms with Crippen molar-refractivity contribution in [3.8, 4) is 0 Å². The Balaban J connectivity index is 1.56. The molecule has 2 aromatic heterocycles. The van der Waals surface area contributed by atoms with Crippen LogP contribution in [0.25, 0.3) is 21.8 Å². The number of piperazine rings is 1. The van der Waals surface area contributed by atoms with Crippen molar-refractivity contribution >= 4 is 39.3 Å². The van der Waals surface area contributed by atoms with Gasteiger partial charge in [0.1, 0.15) is 10.9 Å². The molecule has 0 aliphatic carbocycles. The molecule has 1 amide bonds. The van der Waals surface area contributed by atoms with E-state index < -0.39 is 16.5 Å². The first-order chi connectivity index (χ1) is 15.9. The normalized spacial score (nSPS) is 14.2. The molecule has 1 saturated heterocycles. The average Bonchev–Trinajstić information content (AvgIpc) is 2.82. The number of aromatic amines is 2. The molecule has 3 heterocycles. The monoisotopic (exact) mass is 465 g/mol. The number of halogens is 1. The second-order valence-electron chi connectivity index (χ2n) is 7.97. The molecule has 1 fully saturated rings. The number of benzene rings is 2. The van der Waals surface area contributed by atoms with Crippen molar-refractivity contribution < 1.29 is 4.79 Å². The van der Waals surface area contributed by atoms with Gasteiger partial charge < -0.3 is 15.2 Å². The van der Waals surface area contributed by atoms with E-state index in [0.717, 1.165) is 17.8 Å². The number of aromatic nitrogens is 3. The van der Waals surface area contributed by atoms with E-state index in [0.29, 0.717) is 34.8 Å². The Morgan fingerprint density at radius 3 is 2.61 bits per heavy atom. The van der Waals surface area contributed by atoms with Crippen molar-refractivity contribution in [1.82, 2.24) is 25.0 Å². The largest absolute Gasteiger partial charge is 0.350 e. The van der Waals surface area contributed by atoms with Crippen LogP contribution in [0, 0.1) is 0 Å². The minimum atomic E-state index is -0.624. The number of H-pyrrole nitrogens is 2. The van der Waals surface area contributed by atoms with Gasteiger partial charge in [-0.2, -0.15) is 0 Å². The molecule has 3 N–H and O–H groups in total. The Hall–Kier alpha value is -3.69. The number of rotatable bonds is 3. The molecule has 2 aromatic carbocycles. The van der Waals surface area contributed by atoms with Crippen molar-refractivity contribution in [1.29, 1.82) is 0 Å². The minimum absolute atomic E-state index is 0.00475. The van der Waals surface area contributed by atoms with Crippen molar-refractivity contribution in [2.45, 2.75) is 6.54 Å². The second-order valence-corrected chi connectivity index (χ2v) is 8.41. The highest BCUT2D eigenvalue weighted by atomic mass is 35.5. The van der Waals surface area contributed by atoms with E-state index in [2.05, 4.69) is 15.4 Å². The maximum atomic E-state index is 13.1. The first-order valence-corrected chi connectivity index (χ1v) is 10.9. The highest BCUT2D eigenvalue weighted by molar-refractivity contribution is 6.31. The van der Waals surface area contributed by atoms with E-state index in [1.165, 1.54) is 12.1 Å². The Bertz CT molecular complexity index is 1580. The zero-order valence-corrected chi connectivity index (χ0v) is 18.2. The van der Waals surface area contributed by atoms with Crippen LogP contribution < -0.4 is 21.9 Å². The molecule has 0 unspecified atom stereocenters. The zero-order chi connectivity index (χ0) is 23.1. The van der Waals surface area contributed by atoms with E-state index in [-0.39, 0.29) is 28.7 Å². The van der Waals surface area contributed by atoms with E-state index in [1.807, 2.05) is 0 Å². The summed E-state index contributed by atoms with van der Waals surface area (Å²) in [7, 11) is 0. The number of nitrogens with one attached hydrogen (secondary N) is 3. The Labute approximate surface area is 191 Å². The summed E-state index contributed by atoms with van der Waals surface area (Å²) >= 11 is 5.99. The van der Waals surface area contributed by atoms with Gasteiger partial charge in [-0.3, -0.25) is 24.3 Å². The Morgan fingerprint density at radius 1 is 1.03 bits per heavy atom. The van der Waals surface area contributed by atoms with Gasteiger partial charge >= 0.3 is 0 Å². The zero-order valence-electron chi connectivity index (χ0n) is 17.5. The number of pyridine rings is 1. The lowest BCUT2D eigenvalue weighted by atomic mass is 10.1. The lowest BCUT2D eigenvalue weighted by Gasteiger charge is -2.27. The molecule has 1 aliphatic rings. The van der Waals surface area contributed by atoms with Crippen LogP contribution in [0.2, 0.25) is 5.02 Å². The standard InChI is InChI=1S/C23H20ClN5O4/c24-15-4-5-16-17(11-15)26-19-18(20(16)30)23(33)29(27-21(19)31)12-13-2-1-3-14(10-13)22(32)28-8-6-25-7-9-28/h1-5,10-11,25H,6-9,12H2,(H,26,30)(H,27,31). The summed E-state index contributed by atoms with van der Waals surface area (Å²) < 4.78 is 1.09. The molecule has 0 radical (unpaired) electrons. The number of hydrogen-bond acceptors (Lipinski definition) is 5. The van der Waals surface area contributed by atoms with Crippen LogP contribution in [-0.4, -0.2) is 51.8 Å². The fraction of sp³-hybridized carbons (Fsp3) is 0.217. The van der Waals surface area contributed by atoms with Gasteiger partial charge in [0.2, 0.25) is 5.43 Å². The summed E-state index contributed by atoms with van der Waals surface area (Å²) in [5, 5.41) is 6.18. The molecule has 5 rings (SSSR count). The van der Waals surface area contributed by atoms with Gasteiger partial charge in [-0.05, 0) is 35.9 Å². The molecule has 0 bridgehead atoms. The summed E-state index contributed by atoms with van der Waals surface area (Å²) in [5.74, 6) is -0.0840. The number of hydrogen-bond donors (Lipinski definition) is 3. The van der Waals surface area contributed by atoms with E-state index >= 15 is 0 Å². The van der Waals surface area contributed by atoms with Crippen LogP contribution in [0.5, 0.6) is 0 Å². The third-order valence-electron chi connectivity index (χ3n) is 5.80. The number of carbonyl (C=O) groups is 1. The fourth-order valence-corrected chi connectivity index (χ4v) is 4.32. The molecule has 4 aromatic rings. The molecular weight excluding hydrogens is 446 g/mol. The second kappa shape index (κ2) is 8.34. The molecule has 0 saturated carbocycles. The van der Waals surface area contributed by atoms with Gasteiger partial charge in [-0.15, -0.1) is 0 Å². The molecule has 10 heteroatoms. The number of fused-ring (bicyclic) bond motifs is 2. The van der Waals surface area contributed by atoms with E-state index in [4.69, 9.17) is 11.6 Å². The van der Waals surface area contributed by atoms with E-state index in [9.17, 15) is 19.2 Å². The van der Waals surface area contributed by atoms with Gasteiger partial charge in [-0.1, -0.05) is 23.7 Å². The lowest BCUT2D eigenvalue weighted by Crippen LogP contribution is -2.46. The summed E-state index contributed by atoms with van der Waals surface area (Å²) in [5.41, 5.74) is -0.329.